The Bertz CT molecular complexity index is 1680. The van der Waals surface area contributed by atoms with E-state index in [-0.39, 0.29) is 30.5 Å². The van der Waals surface area contributed by atoms with Gasteiger partial charge in [-0.05, 0) is 67.3 Å². The molecular formula is C29H29FN6O4S. The van der Waals surface area contributed by atoms with Gasteiger partial charge in [0.2, 0.25) is 15.9 Å². The smallest absolute Gasteiger partial charge is 0.244 e. The van der Waals surface area contributed by atoms with Crippen LogP contribution in [0, 0.1) is 11.2 Å². The van der Waals surface area contributed by atoms with Crippen LogP contribution in [-0.4, -0.2) is 65.3 Å². The Balaban J connectivity index is 1.19. The number of piperidine rings is 1. The third-order valence-corrected chi connectivity index (χ3v) is 10.0. The van der Waals surface area contributed by atoms with Gasteiger partial charge >= 0.3 is 0 Å². The van der Waals surface area contributed by atoms with E-state index in [1.165, 1.54) is 24.6 Å². The maximum absolute atomic E-state index is 13.8. The number of fused-ring (bicyclic) bond motifs is 2. The van der Waals surface area contributed by atoms with Crippen molar-refractivity contribution in [3.63, 3.8) is 0 Å². The molecule has 2 fully saturated rings. The molecule has 2 saturated heterocycles. The maximum Gasteiger partial charge on any atom is 0.244 e. The minimum Gasteiger partial charge on any atom is -0.446 e. The average Bonchev–Trinajstić information content (AvgIpc) is 3.61. The molecule has 3 aromatic heterocycles. The third kappa shape index (κ3) is 4.75. The largest absolute Gasteiger partial charge is 0.446 e. The fraction of sp³-hybridized carbons (Fsp3) is 0.345. The van der Waals surface area contributed by atoms with Crippen LogP contribution in [0.4, 0.5) is 10.2 Å². The molecule has 0 saturated carbocycles. The number of rotatable bonds is 8. The molecule has 0 amide bonds. The third-order valence-electron chi connectivity index (χ3n) is 8.21. The van der Waals surface area contributed by atoms with E-state index in [0.717, 1.165) is 47.8 Å². The van der Waals surface area contributed by atoms with Gasteiger partial charge in [0.15, 0.2) is 0 Å². The van der Waals surface area contributed by atoms with Gasteiger partial charge in [0.05, 0.1) is 30.4 Å². The molecule has 12 heteroatoms. The van der Waals surface area contributed by atoms with E-state index in [0.29, 0.717) is 25.3 Å². The van der Waals surface area contributed by atoms with Gasteiger partial charge < -0.3 is 14.1 Å². The zero-order valence-electron chi connectivity index (χ0n) is 22.3. The molecule has 0 N–H and O–H groups in total. The number of halogens is 1. The second-order valence-electron chi connectivity index (χ2n) is 10.8. The van der Waals surface area contributed by atoms with Gasteiger partial charge in [0.25, 0.3) is 0 Å². The van der Waals surface area contributed by atoms with Crippen molar-refractivity contribution >= 4 is 21.9 Å². The number of anilines is 1. The second kappa shape index (κ2) is 10.2. The van der Waals surface area contributed by atoms with Gasteiger partial charge in [-0.2, -0.15) is 9.40 Å². The first-order chi connectivity index (χ1) is 19.9. The molecule has 0 unspecified atom stereocenters. The quantitative estimate of drug-likeness (QED) is 0.312. The summed E-state index contributed by atoms with van der Waals surface area (Å²) < 4.78 is 56.0. The van der Waals surface area contributed by atoms with Crippen molar-refractivity contribution in [1.29, 1.82) is 0 Å². The number of oxazole rings is 1. The van der Waals surface area contributed by atoms with E-state index in [1.807, 2.05) is 0 Å². The minimum absolute atomic E-state index is 0.179. The Morgan fingerprint density at radius 2 is 1.90 bits per heavy atom. The van der Waals surface area contributed by atoms with E-state index in [4.69, 9.17) is 9.15 Å². The number of sulfonamides is 1. The van der Waals surface area contributed by atoms with Gasteiger partial charge in [-0.1, -0.05) is 5.57 Å². The lowest BCUT2D eigenvalue weighted by molar-refractivity contribution is 0.0229. The molecule has 212 valence electrons. The van der Waals surface area contributed by atoms with Crippen LogP contribution >= 0.6 is 0 Å². The van der Waals surface area contributed by atoms with Crippen LogP contribution in [0.3, 0.4) is 0 Å². The lowest BCUT2D eigenvalue weighted by atomic mass is 9.69. The Hall–Kier alpha value is -3.87. The lowest BCUT2D eigenvalue weighted by Gasteiger charge is -2.45. The molecule has 5 heterocycles. The fourth-order valence-corrected chi connectivity index (χ4v) is 7.35. The summed E-state index contributed by atoms with van der Waals surface area (Å²) in [5.41, 5.74) is 3.13. The van der Waals surface area contributed by atoms with Crippen molar-refractivity contribution in [2.45, 2.75) is 30.8 Å². The van der Waals surface area contributed by atoms with E-state index in [1.54, 1.807) is 45.6 Å². The Morgan fingerprint density at radius 3 is 2.61 bits per heavy atom. The molecule has 1 aromatic carbocycles. The van der Waals surface area contributed by atoms with Gasteiger partial charge in [-0.15, -0.1) is 0 Å². The summed E-state index contributed by atoms with van der Waals surface area (Å²) in [6.07, 6.45) is 10.6. The highest BCUT2D eigenvalue weighted by atomic mass is 32.2. The molecule has 2 aliphatic heterocycles. The van der Waals surface area contributed by atoms with Crippen LogP contribution in [0.25, 0.3) is 11.8 Å². The number of ether oxygens (including phenoxy) is 1. The first-order valence-electron chi connectivity index (χ1n) is 13.6. The molecular weight excluding hydrogens is 547 g/mol. The average molecular weight is 577 g/mol. The maximum atomic E-state index is 13.8. The highest BCUT2D eigenvalue weighted by molar-refractivity contribution is 7.89. The zero-order chi connectivity index (χ0) is 28.0. The van der Waals surface area contributed by atoms with Crippen LogP contribution in [-0.2, 0) is 27.8 Å². The molecule has 10 nitrogen and oxygen atoms in total. The topological polar surface area (TPSA) is 107 Å². The number of hydrogen-bond acceptors (Lipinski definition) is 8. The molecule has 0 radical (unpaired) electrons. The molecule has 4 aromatic rings. The summed E-state index contributed by atoms with van der Waals surface area (Å²) in [7, 11) is -3.79. The molecule has 7 rings (SSSR count). The van der Waals surface area contributed by atoms with E-state index < -0.39 is 15.4 Å². The first-order valence-corrected chi connectivity index (χ1v) is 15.1. The number of hydrogen-bond donors (Lipinski definition) is 0. The van der Waals surface area contributed by atoms with E-state index in [9.17, 15) is 12.8 Å². The Labute approximate surface area is 237 Å². The summed E-state index contributed by atoms with van der Waals surface area (Å²) in [5, 5.41) is 4.60. The van der Waals surface area contributed by atoms with Crippen LogP contribution < -0.4 is 4.90 Å². The number of benzene rings is 1. The van der Waals surface area contributed by atoms with Crippen molar-refractivity contribution < 1.29 is 22.0 Å². The predicted molar refractivity (Wildman–Crippen MR) is 148 cm³/mol. The second-order valence-corrected chi connectivity index (χ2v) is 12.7. The van der Waals surface area contributed by atoms with Crippen LogP contribution in [0.5, 0.6) is 0 Å². The lowest BCUT2D eigenvalue weighted by Crippen LogP contribution is -2.51. The molecule has 41 heavy (non-hydrogen) atoms. The monoisotopic (exact) mass is 576 g/mol. The van der Waals surface area contributed by atoms with Crippen LogP contribution in [0.1, 0.15) is 30.0 Å². The summed E-state index contributed by atoms with van der Waals surface area (Å²) in [6, 6.07) is 9.65. The van der Waals surface area contributed by atoms with Crippen LogP contribution in [0.15, 0.2) is 76.1 Å². The fourth-order valence-electron chi connectivity index (χ4n) is 5.88. The standard InChI is InChI=1S/C29H29FN6O4S/c30-23-2-4-24(5-3-23)36-26-14-22-8-12-35(41(37,38)25-6-7-27(32-17-25)34-10-1-11-34)19-29(22,15-21(26)16-33-36)20-39-18-28-31-9-13-40-28/h2-7,9,13-14,16-17H,1,8,10-12,15,18-20H2/t29-/m1/s1. The Morgan fingerprint density at radius 1 is 1.05 bits per heavy atom. The Kier molecular flexibility index (Phi) is 6.48. The first kappa shape index (κ1) is 26.1. The molecule has 1 atom stereocenters. The molecule has 3 aliphatic rings. The highest BCUT2D eigenvalue weighted by Crippen LogP contribution is 2.45. The highest BCUT2D eigenvalue weighted by Gasteiger charge is 2.46. The van der Waals surface area contributed by atoms with Crippen molar-refractivity contribution in [1.82, 2.24) is 24.1 Å². The molecule has 1 aliphatic carbocycles. The minimum atomic E-state index is -3.79. The van der Waals surface area contributed by atoms with Gasteiger partial charge in [0, 0.05) is 37.8 Å². The van der Waals surface area contributed by atoms with Gasteiger partial charge in [-0.3, -0.25) is 0 Å². The number of nitrogens with zero attached hydrogens (tertiary/aromatic N) is 6. The van der Waals surface area contributed by atoms with Crippen molar-refractivity contribution in [2.75, 3.05) is 37.7 Å². The SMILES string of the molecule is O=S(=O)(c1ccc(N2CCC2)nc1)N1CCC2=Cc3c(cnn3-c3ccc(F)cc3)C[C@]2(COCc2ncco2)C1. The normalized spacial score (nSPS) is 20.7. The summed E-state index contributed by atoms with van der Waals surface area (Å²) >= 11 is 0. The van der Waals surface area contributed by atoms with Crippen molar-refractivity contribution in [3.8, 4) is 5.69 Å². The zero-order valence-corrected chi connectivity index (χ0v) is 23.1. The summed E-state index contributed by atoms with van der Waals surface area (Å²) in [5.74, 6) is 0.948. The van der Waals surface area contributed by atoms with Crippen molar-refractivity contribution in [3.05, 3.63) is 89.8 Å². The predicted octanol–water partition coefficient (Wildman–Crippen LogP) is 3.84. The summed E-state index contributed by atoms with van der Waals surface area (Å²) in [4.78, 5) is 10.9. The van der Waals surface area contributed by atoms with Gasteiger partial charge in [-0.25, -0.2) is 27.5 Å². The molecule has 0 bridgehead atoms. The van der Waals surface area contributed by atoms with E-state index >= 15 is 0 Å². The van der Waals surface area contributed by atoms with Gasteiger partial charge in [0.1, 0.15) is 29.4 Å². The van der Waals surface area contributed by atoms with E-state index in [2.05, 4.69) is 26.0 Å². The number of pyridine rings is 1. The van der Waals surface area contributed by atoms with Crippen LogP contribution in [0.2, 0.25) is 0 Å². The summed E-state index contributed by atoms with van der Waals surface area (Å²) in [6.45, 7) is 2.93. The number of aromatic nitrogens is 4. The molecule has 0 spiro atoms. The van der Waals surface area contributed by atoms with Crippen molar-refractivity contribution in [2.24, 2.45) is 5.41 Å².